The second-order valence-corrected chi connectivity index (χ2v) is 5.13. The second-order valence-electron chi connectivity index (χ2n) is 5.13. The maximum absolute atomic E-state index is 12.4. The van der Waals surface area contributed by atoms with E-state index in [-0.39, 0.29) is 0 Å². The van der Waals surface area contributed by atoms with E-state index in [1.54, 1.807) is 0 Å². The van der Waals surface area contributed by atoms with Gasteiger partial charge in [0.05, 0.1) is 0 Å². The number of rotatable bonds is 7. The van der Waals surface area contributed by atoms with E-state index in [1.807, 2.05) is 0 Å². The van der Waals surface area contributed by atoms with Crippen molar-refractivity contribution in [2.45, 2.75) is 47.1 Å². The Balaban J connectivity index is 7.13. The standard InChI is InChI=1S/C15H18O9/c1-7(16)14(8(2)17,9(3)18)15(10(4)19,24-12(6)21)13(22)23-11(5)20/h1-6H3. The summed E-state index contributed by atoms with van der Waals surface area (Å²) in [7, 11) is 0. The molecule has 0 aliphatic carbocycles. The lowest BCUT2D eigenvalue weighted by molar-refractivity contribution is -0.203. The maximum Gasteiger partial charge on any atom is 0.368 e. The third-order valence-electron chi connectivity index (χ3n) is 3.43. The van der Waals surface area contributed by atoms with Gasteiger partial charge in [-0.3, -0.25) is 28.8 Å². The highest BCUT2D eigenvalue weighted by molar-refractivity contribution is 6.32. The molecule has 0 aliphatic heterocycles. The molecule has 9 heteroatoms. The number of hydrogen-bond donors (Lipinski definition) is 0. The van der Waals surface area contributed by atoms with E-state index in [4.69, 9.17) is 4.74 Å². The van der Waals surface area contributed by atoms with Gasteiger partial charge < -0.3 is 9.47 Å². The minimum absolute atomic E-state index is 0.730. The Bertz CT molecular complexity index is 607. The average Bonchev–Trinajstić information content (AvgIpc) is 2.34. The SMILES string of the molecule is CC(=O)OC(=O)C(OC(C)=O)(C(C)=O)C(C(C)=O)(C(C)=O)C(C)=O. The third-order valence-corrected chi connectivity index (χ3v) is 3.43. The van der Waals surface area contributed by atoms with Gasteiger partial charge in [0.1, 0.15) is 0 Å². The molecule has 9 nitrogen and oxygen atoms in total. The van der Waals surface area contributed by atoms with Gasteiger partial charge in [-0.1, -0.05) is 0 Å². The molecule has 0 amide bonds. The number of esters is 3. The fourth-order valence-electron chi connectivity index (χ4n) is 2.66. The summed E-state index contributed by atoms with van der Waals surface area (Å²) < 4.78 is 9.04. The largest absolute Gasteiger partial charge is 0.437 e. The van der Waals surface area contributed by atoms with Crippen molar-refractivity contribution in [2.24, 2.45) is 5.41 Å². The van der Waals surface area contributed by atoms with Gasteiger partial charge in [-0.2, -0.15) is 0 Å². The Morgan fingerprint density at radius 3 is 1.17 bits per heavy atom. The van der Waals surface area contributed by atoms with Gasteiger partial charge in [0.15, 0.2) is 23.1 Å². The first-order valence-electron chi connectivity index (χ1n) is 6.75. The van der Waals surface area contributed by atoms with Gasteiger partial charge in [-0.25, -0.2) is 4.79 Å². The Morgan fingerprint density at radius 1 is 0.583 bits per heavy atom. The molecular weight excluding hydrogens is 324 g/mol. The molecule has 0 aromatic rings. The molecule has 0 aromatic heterocycles. The second kappa shape index (κ2) is 7.24. The number of ether oxygens (including phenoxy) is 2. The molecule has 132 valence electrons. The zero-order valence-electron chi connectivity index (χ0n) is 14.2. The fraction of sp³-hybridized carbons (Fsp3) is 0.533. The molecule has 0 fully saturated rings. The lowest BCUT2D eigenvalue weighted by Gasteiger charge is -2.40. The van der Waals surface area contributed by atoms with Crippen LogP contribution in [0.4, 0.5) is 0 Å². The van der Waals surface area contributed by atoms with Crippen LogP contribution < -0.4 is 0 Å². The van der Waals surface area contributed by atoms with Crippen molar-refractivity contribution in [3.05, 3.63) is 0 Å². The van der Waals surface area contributed by atoms with E-state index in [9.17, 15) is 33.6 Å². The van der Waals surface area contributed by atoms with E-state index in [1.165, 1.54) is 0 Å². The van der Waals surface area contributed by atoms with Crippen LogP contribution in [0.1, 0.15) is 41.5 Å². The predicted octanol–water partition coefficient (Wildman–Crippen LogP) is -0.280. The summed E-state index contributed by atoms with van der Waals surface area (Å²) in [5.74, 6) is -9.16. The van der Waals surface area contributed by atoms with Crippen LogP contribution in [-0.2, 0) is 43.0 Å². The van der Waals surface area contributed by atoms with Crippen molar-refractivity contribution in [2.75, 3.05) is 0 Å². The zero-order valence-corrected chi connectivity index (χ0v) is 14.2. The van der Waals surface area contributed by atoms with Crippen molar-refractivity contribution in [1.29, 1.82) is 0 Å². The first kappa shape index (κ1) is 21.3. The van der Waals surface area contributed by atoms with Crippen LogP contribution >= 0.6 is 0 Å². The van der Waals surface area contributed by atoms with Crippen LogP contribution in [0.5, 0.6) is 0 Å². The maximum atomic E-state index is 12.4. The van der Waals surface area contributed by atoms with Crippen LogP contribution in [0.3, 0.4) is 0 Å². The van der Waals surface area contributed by atoms with Crippen LogP contribution in [0, 0.1) is 5.41 Å². The Hall–Kier alpha value is -2.71. The van der Waals surface area contributed by atoms with E-state index in [2.05, 4.69) is 4.74 Å². The van der Waals surface area contributed by atoms with E-state index in [0.29, 0.717) is 0 Å². The van der Waals surface area contributed by atoms with Crippen molar-refractivity contribution in [1.82, 2.24) is 0 Å². The van der Waals surface area contributed by atoms with Crippen LogP contribution in [0.15, 0.2) is 0 Å². The van der Waals surface area contributed by atoms with Crippen LogP contribution in [0.2, 0.25) is 0 Å². The summed E-state index contributed by atoms with van der Waals surface area (Å²) in [5, 5.41) is 0. The lowest BCUT2D eigenvalue weighted by atomic mass is 9.62. The summed E-state index contributed by atoms with van der Waals surface area (Å²) in [6.07, 6.45) is 0. The Labute approximate surface area is 137 Å². The first-order valence-corrected chi connectivity index (χ1v) is 6.75. The first-order chi connectivity index (χ1) is 10.8. The quantitative estimate of drug-likeness (QED) is 0.451. The van der Waals surface area contributed by atoms with Gasteiger partial charge in [-0.05, 0) is 27.7 Å². The molecule has 24 heavy (non-hydrogen) atoms. The van der Waals surface area contributed by atoms with Gasteiger partial charge >= 0.3 is 17.9 Å². The fourth-order valence-corrected chi connectivity index (χ4v) is 2.66. The van der Waals surface area contributed by atoms with E-state index < -0.39 is 52.1 Å². The summed E-state index contributed by atoms with van der Waals surface area (Å²) in [6, 6.07) is 0. The van der Waals surface area contributed by atoms with Crippen molar-refractivity contribution < 1.29 is 43.0 Å². The van der Waals surface area contributed by atoms with Crippen LogP contribution in [0.25, 0.3) is 0 Å². The smallest absolute Gasteiger partial charge is 0.368 e. The molecule has 0 saturated heterocycles. The number of carbonyl (C=O) groups is 7. The molecule has 0 N–H and O–H groups in total. The number of carbonyl (C=O) groups excluding carboxylic acids is 7. The Kier molecular flexibility index (Phi) is 6.42. The molecule has 1 atom stereocenters. The highest BCUT2D eigenvalue weighted by atomic mass is 16.6. The number of hydrogen-bond acceptors (Lipinski definition) is 9. The molecule has 0 aromatic carbocycles. The number of ketones is 4. The highest BCUT2D eigenvalue weighted by Gasteiger charge is 2.72. The Morgan fingerprint density at radius 2 is 0.958 bits per heavy atom. The summed E-state index contributed by atoms with van der Waals surface area (Å²) in [6.45, 7) is 4.69. The minimum atomic E-state index is -3.23. The average molecular weight is 342 g/mol. The van der Waals surface area contributed by atoms with Gasteiger partial charge in [0.25, 0.3) is 5.60 Å². The zero-order chi connectivity index (χ0) is 19.5. The molecule has 0 rings (SSSR count). The van der Waals surface area contributed by atoms with Gasteiger partial charge in [-0.15, -0.1) is 0 Å². The molecule has 0 heterocycles. The van der Waals surface area contributed by atoms with Gasteiger partial charge in [0, 0.05) is 13.8 Å². The topological polar surface area (TPSA) is 138 Å². The monoisotopic (exact) mass is 342 g/mol. The van der Waals surface area contributed by atoms with Gasteiger partial charge in [0.2, 0.25) is 5.41 Å². The molecule has 0 saturated carbocycles. The van der Waals surface area contributed by atoms with E-state index >= 15 is 0 Å². The molecule has 0 spiro atoms. The van der Waals surface area contributed by atoms with Crippen molar-refractivity contribution in [3.8, 4) is 0 Å². The summed E-state index contributed by atoms with van der Waals surface area (Å²) in [4.78, 5) is 83.8. The molecule has 0 aliphatic rings. The molecule has 0 radical (unpaired) electrons. The molecular formula is C15H18O9. The highest BCUT2D eigenvalue weighted by Crippen LogP contribution is 2.40. The molecule has 0 bridgehead atoms. The predicted molar refractivity (Wildman–Crippen MR) is 76.4 cm³/mol. The van der Waals surface area contributed by atoms with Crippen LogP contribution in [-0.4, -0.2) is 46.6 Å². The number of Topliss-reactive ketones (excluding diaryl/α,β-unsaturated/α-hetero) is 4. The minimum Gasteiger partial charge on any atom is -0.437 e. The van der Waals surface area contributed by atoms with E-state index in [0.717, 1.165) is 41.5 Å². The normalized spacial score (nSPS) is 13.2. The summed E-state index contributed by atoms with van der Waals surface area (Å²) in [5.41, 5.74) is -6.19. The molecule has 1 unspecified atom stereocenters. The van der Waals surface area contributed by atoms with Crippen molar-refractivity contribution in [3.63, 3.8) is 0 Å². The lowest BCUT2D eigenvalue weighted by Crippen LogP contribution is -2.70. The van der Waals surface area contributed by atoms with Crippen molar-refractivity contribution >= 4 is 41.0 Å². The summed E-state index contributed by atoms with van der Waals surface area (Å²) >= 11 is 0. The third kappa shape index (κ3) is 3.15.